The molecule has 3 heteroatoms. The van der Waals surface area contributed by atoms with Gasteiger partial charge in [0.1, 0.15) is 0 Å². The molecule has 1 aromatic carbocycles. The molecule has 0 aliphatic carbocycles. The van der Waals surface area contributed by atoms with Crippen LogP contribution in [0.25, 0.3) is 0 Å². The Hall–Kier alpha value is -0.380. The molecule has 0 spiro atoms. The molecule has 0 saturated carbocycles. The molecule has 1 rings (SSSR count). The number of nitrogens with one attached hydrogen (secondary N) is 1. The SMILES string of the molecule is CCNC(Cc1cccc(Br)c1)C(OCC)C(C)(C)C. The summed E-state index contributed by atoms with van der Waals surface area (Å²) < 4.78 is 7.18. The Kier molecular flexibility index (Phi) is 7.21. The van der Waals surface area contributed by atoms with E-state index in [2.05, 4.69) is 80.1 Å². The lowest BCUT2D eigenvalue weighted by molar-refractivity contribution is -0.0352. The molecule has 2 atom stereocenters. The minimum atomic E-state index is 0.120. The van der Waals surface area contributed by atoms with Crippen molar-refractivity contribution in [2.45, 2.75) is 53.2 Å². The third-order valence-corrected chi connectivity index (χ3v) is 3.87. The van der Waals surface area contributed by atoms with Crippen molar-refractivity contribution >= 4 is 15.9 Å². The lowest BCUT2D eigenvalue weighted by atomic mass is 9.82. The van der Waals surface area contributed by atoms with Crippen molar-refractivity contribution in [2.24, 2.45) is 5.41 Å². The topological polar surface area (TPSA) is 21.3 Å². The van der Waals surface area contributed by atoms with Crippen LogP contribution in [-0.4, -0.2) is 25.3 Å². The number of benzene rings is 1. The Morgan fingerprint density at radius 1 is 1.25 bits per heavy atom. The third-order valence-electron chi connectivity index (χ3n) is 3.38. The second-order valence-electron chi connectivity index (χ2n) is 6.24. The standard InChI is InChI=1S/C17H28BrNO/c1-6-19-15(16(20-7-2)17(3,4)5)12-13-9-8-10-14(18)11-13/h8-11,15-16,19H,6-7,12H2,1-5H3. The Morgan fingerprint density at radius 3 is 2.45 bits per heavy atom. The zero-order chi connectivity index (χ0) is 15.2. The van der Waals surface area contributed by atoms with Gasteiger partial charge in [-0.05, 0) is 43.0 Å². The molecule has 1 aromatic rings. The molecule has 0 heterocycles. The van der Waals surface area contributed by atoms with Gasteiger partial charge in [-0.3, -0.25) is 0 Å². The largest absolute Gasteiger partial charge is 0.376 e. The van der Waals surface area contributed by atoms with Crippen molar-refractivity contribution in [3.63, 3.8) is 0 Å². The van der Waals surface area contributed by atoms with Crippen molar-refractivity contribution in [3.8, 4) is 0 Å². The fourth-order valence-corrected chi connectivity index (χ4v) is 3.06. The lowest BCUT2D eigenvalue weighted by Crippen LogP contribution is -2.49. The van der Waals surface area contributed by atoms with Gasteiger partial charge in [0.05, 0.1) is 6.10 Å². The highest BCUT2D eigenvalue weighted by molar-refractivity contribution is 9.10. The molecule has 0 radical (unpaired) electrons. The van der Waals surface area contributed by atoms with Crippen LogP contribution in [0.1, 0.15) is 40.2 Å². The van der Waals surface area contributed by atoms with Gasteiger partial charge < -0.3 is 10.1 Å². The molecule has 0 saturated heterocycles. The summed E-state index contributed by atoms with van der Waals surface area (Å²) in [6.45, 7) is 12.7. The van der Waals surface area contributed by atoms with E-state index in [9.17, 15) is 0 Å². The van der Waals surface area contributed by atoms with Crippen molar-refractivity contribution < 1.29 is 4.74 Å². The van der Waals surface area contributed by atoms with Crippen LogP contribution in [0.3, 0.4) is 0 Å². The summed E-state index contributed by atoms with van der Waals surface area (Å²) in [5.41, 5.74) is 1.45. The lowest BCUT2D eigenvalue weighted by Gasteiger charge is -2.37. The van der Waals surface area contributed by atoms with Crippen LogP contribution in [0.4, 0.5) is 0 Å². The number of rotatable bonds is 7. The number of hydrogen-bond donors (Lipinski definition) is 1. The minimum absolute atomic E-state index is 0.120. The van der Waals surface area contributed by atoms with Crippen LogP contribution in [-0.2, 0) is 11.2 Å². The van der Waals surface area contributed by atoms with Gasteiger partial charge in [-0.25, -0.2) is 0 Å². The Bertz CT molecular complexity index is 400. The summed E-state index contributed by atoms with van der Waals surface area (Å²) in [7, 11) is 0. The van der Waals surface area contributed by atoms with Gasteiger partial charge in [-0.2, -0.15) is 0 Å². The maximum Gasteiger partial charge on any atom is 0.0779 e. The first kappa shape index (κ1) is 17.7. The first-order valence-electron chi connectivity index (χ1n) is 7.47. The van der Waals surface area contributed by atoms with Crippen LogP contribution >= 0.6 is 15.9 Å². The molecule has 0 aromatic heterocycles. The molecule has 0 aliphatic heterocycles. The van der Waals surface area contributed by atoms with Gasteiger partial charge in [-0.15, -0.1) is 0 Å². The second-order valence-corrected chi connectivity index (χ2v) is 7.16. The highest BCUT2D eigenvalue weighted by Gasteiger charge is 2.32. The summed E-state index contributed by atoms with van der Waals surface area (Å²) in [6, 6.07) is 8.86. The average molecular weight is 342 g/mol. The maximum absolute atomic E-state index is 6.05. The molecular formula is C17H28BrNO. The van der Waals surface area contributed by atoms with E-state index in [0.29, 0.717) is 6.04 Å². The summed E-state index contributed by atoms with van der Waals surface area (Å²) in [4.78, 5) is 0. The fraction of sp³-hybridized carbons (Fsp3) is 0.647. The van der Waals surface area contributed by atoms with Crippen molar-refractivity contribution in [1.29, 1.82) is 0 Å². The van der Waals surface area contributed by atoms with Crippen LogP contribution in [0.5, 0.6) is 0 Å². The quantitative estimate of drug-likeness (QED) is 0.792. The summed E-state index contributed by atoms with van der Waals surface area (Å²) in [5.74, 6) is 0. The maximum atomic E-state index is 6.05. The van der Waals surface area contributed by atoms with Crippen molar-refractivity contribution in [3.05, 3.63) is 34.3 Å². The Morgan fingerprint density at radius 2 is 1.95 bits per heavy atom. The van der Waals surface area contributed by atoms with Crippen molar-refractivity contribution in [1.82, 2.24) is 5.32 Å². The number of ether oxygens (including phenoxy) is 1. The van der Waals surface area contributed by atoms with Gasteiger partial charge in [0, 0.05) is 17.1 Å². The Balaban J connectivity index is 2.90. The van der Waals surface area contributed by atoms with E-state index in [4.69, 9.17) is 4.74 Å². The van der Waals surface area contributed by atoms with E-state index in [1.165, 1.54) is 5.56 Å². The second kappa shape index (κ2) is 8.16. The Labute approximate surface area is 132 Å². The molecule has 114 valence electrons. The van der Waals surface area contributed by atoms with Crippen LogP contribution in [0.2, 0.25) is 0 Å². The summed E-state index contributed by atoms with van der Waals surface area (Å²) in [6.07, 6.45) is 1.18. The van der Waals surface area contributed by atoms with Gasteiger partial charge >= 0.3 is 0 Å². The monoisotopic (exact) mass is 341 g/mol. The number of halogens is 1. The smallest absolute Gasteiger partial charge is 0.0779 e. The van der Waals surface area contributed by atoms with Crippen LogP contribution in [0.15, 0.2) is 28.7 Å². The molecular weight excluding hydrogens is 314 g/mol. The molecule has 0 amide bonds. The van der Waals surface area contributed by atoms with E-state index < -0.39 is 0 Å². The molecule has 2 nitrogen and oxygen atoms in total. The van der Waals surface area contributed by atoms with Gasteiger partial charge in [0.25, 0.3) is 0 Å². The van der Waals surface area contributed by atoms with Gasteiger partial charge in [0.15, 0.2) is 0 Å². The van der Waals surface area contributed by atoms with E-state index >= 15 is 0 Å². The highest BCUT2D eigenvalue weighted by Crippen LogP contribution is 2.27. The molecule has 1 N–H and O–H groups in total. The predicted octanol–water partition coefficient (Wildman–Crippen LogP) is 4.42. The first-order valence-corrected chi connectivity index (χ1v) is 8.27. The van der Waals surface area contributed by atoms with Gasteiger partial charge in [0.2, 0.25) is 0 Å². The number of likely N-dealkylation sites (N-methyl/N-ethyl adjacent to an activating group) is 1. The predicted molar refractivity (Wildman–Crippen MR) is 90.2 cm³/mol. The normalized spacial score (nSPS) is 15.1. The molecule has 20 heavy (non-hydrogen) atoms. The van der Waals surface area contributed by atoms with E-state index in [1.807, 2.05) is 0 Å². The van der Waals surface area contributed by atoms with Crippen molar-refractivity contribution in [2.75, 3.05) is 13.2 Å². The number of hydrogen-bond acceptors (Lipinski definition) is 2. The zero-order valence-electron chi connectivity index (χ0n) is 13.4. The van der Waals surface area contributed by atoms with Gasteiger partial charge in [-0.1, -0.05) is 55.8 Å². The van der Waals surface area contributed by atoms with Crippen LogP contribution < -0.4 is 5.32 Å². The molecule has 2 unspecified atom stereocenters. The fourth-order valence-electron chi connectivity index (χ4n) is 2.62. The highest BCUT2D eigenvalue weighted by atomic mass is 79.9. The third kappa shape index (κ3) is 5.55. The zero-order valence-corrected chi connectivity index (χ0v) is 15.0. The summed E-state index contributed by atoms with van der Waals surface area (Å²) in [5, 5.41) is 3.60. The van der Waals surface area contributed by atoms with E-state index in [-0.39, 0.29) is 11.5 Å². The van der Waals surface area contributed by atoms with E-state index in [0.717, 1.165) is 24.0 Å². The summed E-state index contributed by atoms with van der Waals surface area (Å²) >= 11 is 3.55. The average Bonchev–Trinajstić information content (AvgIpc) is 2.34. The molecule has 0 fully saturated rings. The molecule has 0 bridgehead atoms. The first-order chi connectivity index (χ1) is 9.38. The van der Waals surface area contributed by atoms with E-state index in [1.54, 1.807) is 0 Å². The molecule has 0 aliphatic rings. The minimum Gasteiger partial charge on any atom is -0.376 e. The van der Waals surface area contributed by atoms with Crippen LogP contribution in [0, 0.1) is 5.41 Å².